The number of allylic oxidation sites excluding steroid dienone is 1. The molecule has 1 aliphatic rings. The summed E-state index contributed by atoms with van der Waals surface area (Å²) in [6.45, 7) is 6.49. The molecular formula is C36H31ClN2O5S. The first-order chi connectivity index (χ1) is 21.9. The number of benzene rings is 4. The van der Waals surface area contributed by atoms with Gasteiger partial charge in [0.25, 0.3) is 5.56 Å². The Morgan fingerprint density at radius 3 is 2.53 bits per heavy atom. The Labute approximate surface area is 269 Å². The topological polar surface area (TPSA) is 79.1 Å². The van der Waals surface area contributed by atoms with Gasteiger partial charge in [-0.3, -0.25) is 9.36 Å². The Bertz CT molecular complexity index is 2110. The molecule has 7 nitrogen and oxygen atoms in total. The number of carbonyl (C=O) groups is 1. The Morgan fingerprint density at radius 2 is 1.78 bits per heavy atom. The third-order valence-electron chi connectivity index (χ3n) is 7.51. The van der Waals surface area contributed by atoms with Crippen molar-refractivity contribution in [2.45, 2.75) is 33.4 Å². The number of rotatable bonds is 9. The maximum Gasteiger partial charge on any atom is 0.338 e. The van der Waals surface area contributed by atoms with Crippen LogP contribution in [0.2, 0.25) is 5.02 Å². The summed E-state index contributed by atoms with van der Waals surface area (Å²) in [7, 11) is 0. The zero-order chi connectivity index (χ0) is 31.5. The molecule has 9 heteroatoms. The van der Waals surface area contributed by atoms with Gasteiger partial charge in [-0.1, -0.05) is 77.5 Å². The number of halogens is 1. The number of esters is 1. The van der Waals surface area contributed by atoms with Crippen molar-refractivity contribution >= 4 is 45.8 Å². The third-order valence-corrected chi connectivity index (χ3v) is 8.73. The summed E-state index contributed by atoms with van der Waals surface area (Å²) in [6, 6.07) is 26.1. The number of carbonyl (C=O) groups excluding carboxylic acids is 1. The van der Waals surface area contributed by atoms with E-state index in [1.807, 2.05) is 97.9 Å². The van der Waals surface area contributed by atoms with Crippen molar-refractivity contribution in [3.05, 3.63) is 138 Å². The Kier molecular flexibility index (Phi) is 8.87. The fourth-order valence-electron chi connectivity index (χ4n) is 5.49. The number of hydrogen-bond acceptors (Lipinski definition) is 7. The molecule has 0 N–H and O–H groups in total. The van der Waals surface area contributed by atoms with Crippen molar-refractivity contribution in [1.29, 1.82) is 0 Å². The van der Waals surface area contributed by atoms with E-state index >= 15 is 0 Å². The molecule has 2 heterocycles. The van der Waals surface area contributed by atoms with Gasteiger partial charge in [0.1, 0.15) is 18.1 Å². The highest BCUT2D eigenvalue weighted by molar-refractivity contribution is 7.07. The lowest BCUT2D eigenvalue weighted by molar-refractivity contribution is -0.139. The summed E-state index contributed by atoms with van der Waals surface area (Å²) in [4.78, 5) is 32.8. The lowest BCUT2D eigenvalue weighted by Crippen LogP contribution is -2.39. The minimum Gasteiger partial charge on any atom is -0.494 e. The Hall–Kier alpha value is -4.66. The highest BCUT2D eigenvalue weighted by Gasteiger charge is 2.33. The van der Waals surface area contributed by atoms with E-state index in [9.17, 15) is 9.59 Å². The van der Waals surface area contributed by atoms with Crippen LogP contribution < -0.4 is 24.4 Å². The second-order valence-electron chi connectivity index (χ2n) is 10.4. The minimum atomic E-state index is -0.718. The normalized spacial score (nSPS) is 14.7. The highest BCUT2D eigenvalue weighted by Crippen LogP contribution is 2.33. The van der Waals surface area contributed by atoms with E-state index < -0.39 is 12.0 Å². The van der Waals surface area contributed by atoms with Crippen LogP contribution in [0.5, 0.6) is 11.5 Å². The fraction of sp³-hybridized carbons (Fsp3) is 0.194. The van der Waals surface area contributed by atoms with Crippen molar-refractivity contribution in [3.63, 3.8) is 0 Å². The number of aromatic nitrogens is 1. The molecule has 0 fully saturated rings. The van der Waals surface area contributed by atoms with Crippen LogP contribution in [-0.2, 0) is 16.1 Å². The largest absolute Gasteiger partial charge is 0.494 e. The van der Waals surface area contributed by atoms with Crippen molar-refractivity contribution in [2.24, 2.45) is 4.99 Å². The first-order valence-electron chi connectivity index (χ1n) is 14.7. The first-order valence-corrected chi connectivity index (χ1v) is 15.9. The highest BCUT2D eigenvalue weighted by atomic mass is 35.5. The number of thiazole rings is 1. The zero-order valence-electron chi connectivity index (χ0n) is 25.1. The van der Waals surface area contributed by atoms with Crippen molar-refractivity contribution in [2.75, 3.05) is 13.2 Å². The number of fused-ring (bicyclic) bond motifs is 2. The quantitative estimate of drug-likeness (QED) is 0.170. The van der Waals surface area contributed by atoms with E-state index in [2.05, 4.69) is 0 Å². The van der Waals surface area contributed by atoms with Gasteiger partial charge >= 0.3 is 5.97 Å². The van der Waals surface area contributed by atoms with E-state index in [-0.39, 0.29) is 12.2 Å². The molecule has 45 heavy (non-hydrogen) atoms. The number of nitrogens with zero attached hydrogens (tertiary/aromatic N) is 2. The lowest BCUT2D eigenvalue weighted by Gasteiger charge is -2.24. The van der Waals surface area contributed by atoms with Gasteiger partial charge < -0.3 is 14.2 Å². The predicted molar refractivity (Wildman–Crippen MR) is 178 cm³/mol. The molecular weight excluding hydrogens is 608 g/mol. The molecule has 0 amide bonds. The average Bonchev–Trinajstić information content (AvgIpc) is 3.34. The summed E-state index contributed by atoms with van der Waals surface area (Å²) < 4.78 is 19.4. The van der Waals surface area contributed by atoms with Crippen molar-refractivity contribution < 1.29 is 19.0 Å². The summed E-state index contributed by atoms with van der Waals surface area (Å²) in [5.41, 5.74) is 3.03. The molecule has 4 aromatic carbocycles. The van der Waals surface area contributed by atoms with Gasteiger partial charge in [-0.25, -0.2) is 9.79 Å². The lowest BCUT2D eigenvalue weighted by atomic mass is 9.96. The van der Waals surface area contributed by atoms with Gasteiger partial charge in [-0.05, 0) is 79.1 Å². The summed E-state index contributed by atoms with van der Waals surface area (Å²) in [6.07, 6.45) is 1.86. The second kappa shape index (κ2) is 13.1. The van der Waals surface area contributed by atoms with E-state index in [0.29, 0.717) is 50.3 Å². The molecule has 0 radical (unpaired) electrons. The average molecular weight is 639 g/mol. The summed E-state index contributed by atoms with van der Waals surface area (Å²) in [5.74, 6) is 0.831. The van der Waals surface area contributed by atoms with Gasteiger partial charge in [-0.2, -0.15) is 0 Å². The van der Waals surface area contributed by atoms with Crippen LogP contribution >= 0.6 is 22.9 Å². The van der Waals surface area contributed by atoms with Crippen LogP contribution in [0.25, 0.3) is 16.8 Å². The summed E-state index contributed by atoms with van der Waals surface area (Å²) in [5, 5.41) is 2.59. The monoisotopic (exact) mass is 638 g/mol. The van der Waals surface area contributed by atoms with E-state index in [0.717, 1.165) is 27.5 Å². The van der Waals surface area contributed by atoms with Crippen LogP contribution in [0.4, 0.5) is 0 Å². The molecule has 0 saturated carbocycles. The number of hydrogen-bond donors (Lipinski definition) is 0. The molecule has 0 aliphatic carbocycles. The Morgan fingerprint density at radius 1 is 0.978 bits per heavy atom. The van der Waals surface area contributed by atoms with Crippen LogP contribution in [-0.4, -0.2) is 23.8 Å². The number of ether oxygens (including phenoxy) is 3. The summed E-state index contributed by atoms with van der Waals surface area (Å²) >= 11 is 7.48. The van der Waals surface area contributed by atoms with Crippen LogP contribution in [0.3, 0.4) is 0 Å². The molecule has 6 rings (SSSR count). The van der Waals surface area contributed by atoms with Gasteiger partial charge in [-0.15, -0.1) is 0 Å². The Balaban J connectivity index is 1.51. The molecule has 5 aromatic rings. The molecule has 0 bridgehead atoms. The second-order valence-corrected chi connectivity index (χ2v) is 11.9. The van der Waals surface area contributed by atoms with E-state index in [1.165, 1.54) is 11.3 Å². The zero-order valence-corrected chi connectivity index (χ0v) is 26.7. The van der Waals surface area contributed by atoms with Crippen LogP contribution in [0.15, 0.2) is 106 Å². The van der Waals surface area contributed by atoms with Gasteiger partial charge in [0, 0.05) is 10.6 Å². The fourth-order valence-corrected chi connectivity index (χ4v) is 6.73. The predicted octanol–water partition coefficient (Wildman–Crippen LogP) is 6.58. The molecule has 1 aromatic heterocycles. The molecule has 0 saturated heterocycles. The minimum absolute atomic E-state index is 0.203. The van der Waals surface area contributed by atoms with Crippen LogP contribution in [0, 0.1) is 0 Å². The standard InChI is InChI=1S/C36H31ClN2O5S/c1-4-42-27-16-13-25(14-17-27)33-32(35(41)43-5-2)22(3)38-36-39(33)34(40)31(45-36)20-29-28-12-7-6-10-24(28)15-18-30(29)44-21-23-9-8-11-26(37)19-23/h6-20,33H,4-5,21H2,1-3H3/b31-20-/t33-/m0/s1. The van der Waals surface area contributed by atoms with Crippen LogP contribution in [0.1, 0.15) is 43.5 Å². The van der Waals surface area contributed by atoms with Crippen molar-refractivity contribution in [1.82, 2.24) is 4.57 Å². The molecule has 1 atom stereocenters. The van der Waals surface area contributed by atoms with E-state index in [4.69, 9.17) is 30.8 Å². The van der Waals surface area contributed by atoms with Gasteiger partial charge in [0.05, 0.1) is 35.1 Å². The van der Waals surface area contributed by atoms with E-state index in [1.54, 1.807) is 18.4 Å². The SMILES string of the molecule is CCOC(=O)C1=C(C)N=c2s/c(=C\c3c(OCc4cccc(Cl)c4)ccc4ccccc34)c(=O)n2[C@H]1c1ccc(OCC)cc1. The third kappa shape index (κ3) is 6.16. The van der Waals surface area contributed by atoms with Gasteiger partial charge in [0.15, 0.2) is 4.80 Å². The van der Waals surface area contributed by atoms with Gasteiger partial charge in [0.2, 0.25) is 0 Å². The molecule has 228 valence electrons. The maximum atomic E-state index is 14.3. The molecule has 1 aliphatic heterocycles. The molecule has 0 unspecified atom stereocenters. The molecule has 0 spiro atoms. The first kappa shape index (κ1) is 30.4. The smallest absolute Gasteiger partial charge is 0.338 e. The van der Waals surface area contributed by atoms with Crippen molar-refractivity contribution in [3.8, 4) is 11.5 Å². The maximum absolute atomic E-state index is 14.3.